The first-order chi connectivity index (χ1) is 8.54. The van der Waals surface area contributed by atoms with Crippen molar-refractivity contribution in [2.24, 2.45) is 11.3 Å². The Balaban J connectivity index is 1.86. The van der Waals surface area contributed by atoms with E-state index in [0.717, 1.165) is 38.4 Å². The maximum Gasteiger partial charge on any atom is 0.123 e. The first-order valence-corrected chi connectivity index (χ1v) is 8.96. The Morgan fingerprint density at radius 2 is 1.94 bits per heavy atom. The van der Waals surface area contributed by atoms with Crippen LogP contribution >= 0.6 is 23.5 Å². The van der Waals surface area contributed by atoms with Gasteiger partial charge in [-0.2, -0.15) is 0 Å². The van der Waals surface area contributed by atoms with Crippen molar-refractivity contribution in [3.05, 3.63) is 0 Å². The van der Waals surface area contributed by atoms with Crippen LogP contribution in [0.1, 0.15) is 45.4 Å². The highest BCUT2D eigenvalue weighted by molar-refractivity contribution is 8.18. The van der Waals surface area contributed by atoms with E-state index in [4.69, 9.17) is 0 Å². The predicted molar refractivity (Wildman–Crippen MR) is 78.0 cm³/mol. The van der Waals surface area contributed by atoms with E-state index < -0.39 is 5.60 Å². The van der Waals surface area contributed by atoms with E-state index in [-0.39, 0.29) is 15.4 Å². The molecule has 18 heavy (non-hydrogen) atoms. The van der Waals surface area contributed by atoms with E-state index >= 15 is 0 Å². The highest BCUT2D eigenvalue weighted by atomic mass is 32.2. The fourth-order valence-corrected chi connectivity index (χ4v) is 7.63. The van der Waals surface area contributed by atoms with E-state index in [1.807, 2.05) is 0 Å². The van der Waals surface area contributed by atoms with Crippen LogP contribution in [0.15, 0.2) is 0 Å². The van der Waals surface area contributed by atoms with E-state index in [9.17, 15) is 9.90 Å². The largest absolute Gasteiger partial charge is 0.389 e. The lowest BCUT2D eigenvalue weighted by Gasteiger charge is -2.53. The zero-order chi connectivity index (χ0) is 12.9. The molecule has 3 rings (SSSR count). The summed E-state index contributed by atoms with van der Waals surface area (Å²) >= 11 is 4.11. The lowest BCUT2D eigenvalue weighted by atomic mass is 9.62. The molecule has 2 saturated carbocycles. The number of aliphatic hydroxyl groups is 1. The second-order valence-electron chi connectivity index (χ2n) is 6.37. The molecular weight excluding hydrogens is 264 g/mol. The lowest BCUT2D eigenvalue weighted by Crippen LogP contribution is -2.54. The van der Waals surface area contributed by atoms with Gasteiger partial charge in [-0.15, -0.1) is 23.5 Å². The van der Waals surface area contributed by atoms with Gasteiger partial charge in [0.2, 0.25) is 0 Å². The van der Waals surface area contributed by atoms with Crippen LogP contribution < -0.4 is 0 Å². The van der Waals surface area contributed by atoms with Crippen LogP contribution in [0.3, 0.4) is 0 Å². The number of carbonyl (C=O) groups excluding carboxylic acids is 1. The highest BCUT2D eigenvalue weighted by Crippen LogP contribution is 2.65. The molecule has 3 aliphatic rings. The van der Waals surface area contributed by atoms with Crippen molar-refractivity contribution < 1.29 is 9.90 Å². The summed E-state index contributed by atoms with van der Waals surface area (Å²) in [6.45, 7) is 2.14. The minimum atomic E-state index is -0.603. The molecule has 1 saturated heterocycles. The van der Waals surface area contributed by atoms with Crippen molar-refractivity contribution in [2.75, 3.05) is 11.5 Å². The maximum atomic E-state index is 11.3. The Bertz CT molecular complexity index is 354. The van der Waals surface area contributed by atoms with Gasteiger partial charge < -0.3 is 9.90 Å². The Labute approximate surface area is 118 Å². The van der Waals surface area contributed by atoms with Gasteiger partial charge in [0.15, 0.2) is 0 Å². The fourth-order valence-electron chi connectivity index (χ4n) is 4.12. The molecule has 0 aromatic rings. The number of aldehydes is 1. The van der Waals surface area contributed by atoms with E-state index in [1.54, 1.807) is 0 Å². The third kappa shape index (κ3) is 1.79. The first-order valence-electron chi connectivity index (χ1n) is 6.99. The van der Waals surface area contributed by atoms with Crippen LogP contribution in [0.25, 0.3) is 0 Å². The van der Waals surface area contributed by atoms with Crippen molar-refractivity contribution in [3.8, 4) is 0 Å². The van der Waals surface area contributed by atoms with Gasteiger partial charge in [0.25, 0.3) is 0 Å². The molecule has 0 aromatic heterocycles. The van der Waals surface area contributed by atoms with Gasteiger partial charge in [-0.3, -0.25) is 0 Å². The molecule has 2 aliphatic carbocycles. The Kier molecular flexibility index (Phi) is 3.27. The minimum absolute atomic E-state index is 0.0680. The van der Waals surface area contributed by atoms with Gasteiger partial charge in [0.05, 0.1) is 9.68 Å². The molecule has 3 fully saturated rings. The van der Waals surface area contributed by atoms with Crippen LogP contribution in [0.5, 0.6) is 0 Å². The molecule has 0 amide bonds. The molecular formula is C14H22O2S2. The van der Waals surface area contributed by atoms with E-state index in [1.165, 1.54) is 17.9 Å². The zero-order valence-electron chi connectivity index (χ0n) is 11.0. The second kappa shape index (κ2) is 4.42. The summed E-state index contributed by atoms with van der Waals surface area (Å²) in [7, 11) is 0. The van der Waals surface area contributed by atoms with Gasteiger partial charge in [-0.25, -0.2) is 0 Å². The lowest BCUT2D eigenvalue weighted by molar-refractivity contribution is -0.126. The van der Waals surface area contributed by atoms with Crippen LogP contribution in [0.2, 0.25) is 0 Å². The molecule has 0 unspecified atom stereocenters. The molecule has 1 N–H and O–H groups in total. The number of rotatable bonds is 1. The molecule has 102 valence electrons. The predicted octanol–water partition coefficient (Wildman–Crippen LogP) is 3.08. The van der Waals surface area contributed by atoms with Crippen LogP contribution in [-0.2, 0) is 4.79 Å². The average Bonchev–Trinajstić information content (AvgIpc) is 2.62. The standard InChI is InChI=1S/C14H22O2S2/c1-12-5-6-14(17-7-2-8-18-14)10-13(12,16)4-3-11(12)9-15/h9,11,16H,2-8,10H2,1H3/t11-,12+,13-/m0/s1. The Hall–Kier alpha value is 0.330. The average molecular weight is 286 g/mol. The fraction of sp³-hybridized carbons (Fsp3) is 0.929. The molecule has 4 heteroatoms. The SMILES string of the molecule is C[C@]12CCC3(C[C@@]1(O)CC[C@H]2C=O)SCCCS3. The minimum Gasteiger partial charge on any atom is -0.389 e. The van der Waals surface area contributed by atoms with Crippen LogP contribution in [-0.4, -0.2) is 32.6 Å². The van der Waals surface area contributed by atoms with Crippen LogP contribution in [0, 0.1) is 11.3 Å². The number of carbonyl (C=O) groups is 1. The monoisotopic (exact) mass is 286 g/mol. The van der Waals surface area contributed by atoms with Crippen molar-refractivity contribution in [1.82, 2.24) is 0 Å². The summed E-state index contributed by atoms with van der Waals surface area (Å²) < 4.78 is 0.240. The molecule has 0 aromatic carbocycles. The summed E-state index contributed by atoms with van der Waals surface area (Å²) in [5.41, 5.74) is -0.771. The molecule has 1 aliphatic heterocycles. The molecule has 1 spiro atoms. The smallest absolute Gasteiger partial charge is 0.123 e. The molecule has 1 heterocycles. The number of hydrogen-bond acceptors (Lipinski definition) is 4. The second-order valence-corrected chi connectivity index (χ2v) is 9.58. The van der Waals surface area contributed by atoms with Crippen molar-refractivity contribution >= 4 is 29.8 Å². The summed E-state index contributed by atoms with van der Waals surface area (Å²) in [6.07, 6.45) is 7.13. The van der Waals surface area contributed by atoms with Gasteiger partial charge in [0.1, 0.15) is 6.29 Å². The van der Waals surface area contributed by atoms with Crippen molar-refractivity contribution in [3.63, 3.8) is 0 Å². The van der Waals surface area contributed by atoms with Gasteiger partial charge in [0, 0.05) is 17.8 Å². The third-order valence-electron chi connectivity index (χ3n) is 5.52. The molecule has 3 atom stereocenters. The van der Waals surface area contributed by atoms with Crippen molar-refractivity contribution in [1.29, 1.82) is 0 Å². The van der Waals surface area contributed by atoms with Crippen molar-refractivity contribution in [2.45, 2.75) is 55.1 Å². The molecule has 0 bridgehead atoms. The van der Waals surface area contributed by atoms with Gasteiger partial charge in [-0.1, -0.05) is 6.92 Å². The number of thioether (sulfide) groups is 2. The van der Waals surface area contributed by atoms with E-state index in [0.29, 0.717) is 0 Å². The van der Waals surface area contributed by atoms with Gasteiger partial charge >= 0.3 is 0 Å². The van der Waals surface area contributed by atoms with Gasteiger partial charge in [-0.05, 0) is 43.6 Å². The first kappa shape index (κ1) is 13.3. The third-order valence-corrected chi connectivity index (χ3v) is 8.96. The van der Waals surface area contributed by atoms with Crippen LogP contribution in [0.4, 0.5) is 0 Å². The normalized spacial score (nSPS) is 46.9. The summed E-state index contributed by atoms with van der Waals surface area (Å²) in [4.78, 5) is 11.3. The number of fused-ring (bicyclic) bond motifs is 1. The molecule has 2 nitrogen and oxygen atoms in total. The Morgan fingerprint density at radius 1 is 1.22 bits per heavy atom. The summed E-state index contributed by atoms with van der Waals surface area (Å²) in [5, 5.41) is 11.1. The summed E-state index contributed by atoms with van der Waals surface area (Å²) in [5.74, 6) is 2.53. The highest BCUT2D eigenvalue weighted by Gasteiger charge is 2.62. The topological polar surface area (TPSA) is 37.3 Å². The maximum absolute atomic E-state index is 11.3. The zero-order valence-corrected chi connectivity index (χ0v) is 12.6. The quantitative estimate of drug-likeness (QED) is 0.752. The molecule has 0 radical (unpaired) electrons. The Morgan fingerprint density at radius 3 is 2.61 bits per heavy atom. The number of hydrogen-bond donors (Lipinski definition) is 1. The summed E-state index contributed by atoms with van der Waals surface area (Å²) in [6, 6.07) is 0. The van der Waals surface area contributed by atoms with E-state index in [2.05, 4.69) is 30.4 Å².